The van der Waals surface area contributed by atoms with Crippen LogP contribution in [0.15, 0.2) is 40.4 Å². The normalized spacial score (nSPS) is 12.0. The third-order valence-electron chi connectivity index (χ3n) is 3.37. The van der Waals surface area contributed by atoms with Gasteiger partial charge in [0.05, 0.1) is 6.61 Å². The Morgan fingerprint density at radius 2 is 2.07 bits per heavy atom. The van der Waals surface area contributed by atoms with E-state index in [1.54, 1.807) is 37.3 Å². The van der Waals surface area contributed by atoms with Crippen molar-refractivity contribution in [2.75, 3.05) is 11.9 Å². The first-order valence-corrected chi connectivity index (χ1v) is 8.22. The highest BCUT2D eigenvalue weighted by Gasteiger charge is 2.21. The minimum atomic E-state index is -1.12. The topological polar surface area (TPSA) is 114 Å². The van der Waals surface area contributed by atoms with E-state index < -0.39 is 18.0 Å². The summed E-state index contributed by atoms with van der Waals surface area (Å²) in [4.78, 5) is 24.2. The number of aromatic nitrogens is 1. The van der Waals surface area contributed by atoms with Crippen molar-refractivity contribution in [3.05, 3.63) is 47.2 Å². The number of aryl methyl sites for hydroxylation is 1. The van der Waals surface area contributed by atoms with Gasteiger partial charge in [0, 0.05) is 6.07 Å². The Morgan fingerprint density at radius 3 is 2.63 bits per heavy atom. The first-order chi connectivity index (χ1) is 12.9. The van der Waals surface area contributed by atoms with Crippen LogP contribution in [0.25, 0.3) is 6.08 Å². The summed E-state index contributed by atoms with van der Waals surface area (Å²) in [5.74, 6) is -0.0599. The second-order valence-corrected chi connectivity index (χ2v) is 5.53. The average Bonchev–Trinajstić information content (AvgIpc) is 3.05. The van der Waals surface area contributed by atoms with Crippen LogP contribution in [0.1, 0.15) is 25.2 Å². The molecule has 1 heterocycles. The zero-order valence-corrected chi connectivity index (χ0v) is 15.2. The molecule has 27 heavy (non-hydrogen) atoms. The molecule has 0 unspecified atom stereocenters. The number of anilines is 1. The van der Waals surface area contributed by atoms with E-state index in [1.807, 2.05) is 6.92 Å². The van der Waals surface area contributed by atoms with Crippen LogP contribution in [-0.4, -0.2) is 29.7 Å². The molecule has 1 N–H and O–H groups in total. The van der Waals surface area contributed by atoms with E-state index in [0.29, 0.717) is 23.7 Å². The van der Waals surface area contributed by atoms with Gasteiger partial charge in [-0.15, -0.1) is 0 Å². The van der Waals surface area contributed by atoms with Gasteiger partial charge in [0.25, 0.3) is 5.91 Å². The van der Waals surface area contributed by atoms with Gasteiger partial charge in [-0.1, -0.05) is 17.3 Å². The van der Waals surface area contributed by atoms with Crippen LogP contribution >= 0.6 is 0 Å². The van der Waals surface area contributed by atoms with Crippen LogP contribution in [0.2, 0.25) is 0 Å². The fraction of sp³-hybridized carbons (Fsp3) is 0.263. The van der Waals surface area contributed by atoms with E-state index in [9.17, 15) is 14.9 Å². The van der Waals surface area contributed by atoms with Crippen molar-refractivity contribution in [3.8, 4) is 11.8 Å². The predicted molar refractivity (Wildman–Crippen MR) is 96.6 cm³/mol. The van der Waals surface area contributed by atoms with Crippen molar-refractivity contribution in [3.63, 3.8) is 0 Å². The maximum atomic E-state index is 12.2. The van der Waals surface area contributed by atoms with E-state index in [-0.39, 0.29) is 11.4 Å². The molecular weight excluding hydrogens is 350 g/mol. The zero-order chi connectivity index (χ0) is 19.8. The number of hydrogen-bond donors (Lipinski definition) is 1. The van der Waals surface area contributed by atoms with Crippen LogP contribution in [0, 0.1) is 18.3 Å². The number of rotatable bonds is 7. The molecule has 8 nitrogen and oxygen atoms in total. The van der Waals surface area contributed by atoms with Crippen molar-refractivity contribution in [2.45, 2.75) is 26.9 Å². The number of hydrogen-bond acceptors (Lipinski definition) is 7. The van der Waals surface area contributed by atoms with Crippen LogP contribution < -0.4 is 10.1 Å². The molecule has 2 rings (SSSR count). The third-order valence-corrected chi connectivity index (χ3v) is 3.37. The lowest BCUT2D eigenvalue weighted by Gasteiger charge is -2.11. The van der Waals surface area contributed by atoms with Crippen molar-refractivity contribution >= 4 is 23.8 Å². The molecule has 140 valence electrons. The molecular formula is C19H19N3O5. The Kier molecular flexibility index (Phi) is 6.72. The second-order valence-electron chi connectivity index (χ2n) is 5.53. The minimum absolute atomic E-state index is 0.214. The quantitative estimate of drug-likeness (QED) is 0.453. The molecule has 0 aliphatic carbocycles. The Labute approximate surface area is 156 Å². The van der Waals surface area contributed by atoms with E-state index in [0.717, 1.165) is 0 Å². The van der Waals surface area contributed by atoms with Gasteiger partial charge in [0.15, 0.2) is 11.9 Å². The fourth-order valence-electron chi connectivity index (χ4n) is 2.06. The number of esters is 1. The molecule has 0 saturated carbocycles. The molecule has 0 fully saturated rings. The Balaban J connectivity index is 2.00. The maximum Gasteiger partial charge on any atom is 0.349 e. The van der Waals surface area contributed by atoms with E-state index in [1.165, 1.54) is 19.1 Å². The van der Waals surface area contributed by atoms with Gasteiger partial charge in [0.2, 0.25) is 0 Å². The van der Waals surface area contributed by atoms with E-state index in [4.69, 9.17) is 14.0 Å². The van der Waals surface area contributed by atoms with Gasteiger partial charge in [-0.2, -0.15) is 5.26 Å². The molecule has 0 bridgehead atoms. The highest BCUT2D eigenvalue weighted by atomic mass is 16.5. The molecule has 0 saturated heterocycles. The summed E-state index contributed by atoms with van der Waals surface area (Å²) in [6.45, 7) is 5.49. The first kappa shape index (κ1) is 19.7. The molecule has 2 aromatic rings. The number of carbonyl (C=O) groups is 2. The van der Waals surface area contributed by atoms with Gasteiger partial charge < -0.3 is 19.3 Å². The summed E-state index contributed by atoms with van der Waals surface area (Å²) < 4.78 is 15.2. The number of nitriles is 1. The zero-order valence-electron chi connectivity index (χ0n) is 15.2. The molecule has 1 atom stereocenters. The summed E-state index contributed by atoms with van der Waals surface area (Å²) in [5.41, 5.74) is 0.401. The minimum Gasteiger partial charge on any atom is -0.494 e. The van der Waals surface area contributed by atoms with Gasteiger partial charge in [-0.05, 0) is 44.5 Å². The summed E-state index contributed by atoms with van der Waals surface area (Å²) in [7, 11) is 0. The van der Waals surface area contributed by atoms with Crippen molar-refractivity contribution in [1.29, 1.82) is 5.26 Å². The van der Waals surface area contributed by atoms with Crippen molar-refractivity contribution in [1.82, 2.24) is 5.16 Å². The molecule has 1 aromatic carbocycles. The van der Waals surface area contributed by atoms with Crippen molar-refractivity contribution in [2.24, 2.45) is 0 Å². The van der Waals surface area contributed by atoms with Gasteiger partial charge in [-0.25, -0.2) is 4.79 Å². The summed E-state index contributed by atoms with van der Waals surface area (Å²) in [6, 6.07) is 10.2. The molecule has 8 heteroatoms. The molecule has 1 aromatic heterocycles. The number of nitrogens with zero attached hydrogens (tertiary/aromatic N) is 2. The molecule has 1 amide bonds. The highest BCUT2D eigenvalue weighted by Crippen LogP contribution is 2.15. The smallest absolute Gasteiger partial charge is 0.349 e. The molecule has 0 aliphatic heterocycles. The predicted octanol–water partition coefficient (Wildman–Crippen LogP) is 2.86. The van der Waals surface area contributed by atoms with Gasteiger partial charge >= 0.3 is 5.97 Å². The lowest BCUT2D eigenvalue weighted by molar-refractivity contribution is -0.148. The SMILES string of the molecule is CCOc1ccc(/C=C(\C#N)C(=O)O[C@@H](C)C(=O)Nc2cc(C)on2)cc1. The van der Waals surface area contributed by atoms with Crippen LogP contribution in [0.3, 0.4) is 0 Å². The highest BCUT2D eigenvalue weighted by molar-refractivity contribution is 6.00. The lowest BCUT2D eigenvalue weighted by atomic mass is 10.1. The standard InChI is InChI=1S/C19H19N3O5/c1-4-25-16-7-5-14(6-8-16)10-15(11-20)19(24)26-13(3)18(23)21-17-9-12(2)27-22-17/h5-10,13H,4H2,1-3H3,(H,21,22,23)/b15-10+/t13-/m0/s1. The molecule has 0 spiro atoms. The van der Waals surface area contributed by atoms with E-state index >= 15 is 0 Å². The first-order valence-electron chi connectivity index (χ1n) is 8.22. The Bertz CT molecular complexity index is 877. The number of benzene rings is 1. The summed E-state index contributed by atoms with van der Waals surface area (Å²) in [6.07, 6.45) is 0.260. The maximum absolute atomic E-state index is 12.2. The second kappa shape index (κ2) is 9.20. The fourth-order valence-corrected chi connectivity index (χ4v) is 2.06. The Morgan fingerprint density at radius 1 is 1.37 bits per heavy atom. The molecule has 0 radical (unpaired) electrons. The van der Waals surface area contributed by atoms with Crippen LogP contribution in [-0.2, 0) is 14.3 Å². The van der Waals surface area contributed by atoms with Gasteiger partial charge in [-0.3, -0.25) is 4.79 Å². The lowest BCUT2D eigenvalue weighted by Crippen LogP contribution is -2.30. The Hall–Kier alpha value is -3.60. The summed E-state index contributed by atoms with van der Waals surface area (Å²) >= 11 is 0. The van der Waals surface area contributed by atoms with E-state index in [2.05, 4.69) is 10.5 Å². The summed E-state index contributed by atoms with van der Waals surface area (Å²) in [5, 5.41) is 15.3. The third kappa shape index (κ3) is 5.71. The van der Waals surface area contributed by atoms with Crippen LogP contribution in [0.4, 0.5) is 5.82 Å². The molecule has 0 aliphatic rings. The average molecular weight is 369 g/mol. The van der Waals surface area contributed by atoms with Crippen LogP contribution in [0.5, 0.6) is 5.75 Å². The number of amides is 1. The number of ether oxygens (including phenoxy) is 2. The van der Waals surface area contributed by atoms with Crippen molar-refractivity contribution < 1.29 is 23.6 Å². The monoisotopic (exact) mass is 369 g/mol. The number of nitrogens with one attached hydrogen (secondary N) is 1. The largest absolute Gasteiger partial charge is 0.494 e. The number of carbonyl (C=O) groups excluding carboxylic acids is 2. The van der Waals surface area contributed by atoms with Gasteiger partial charge in [0.1, 0.15) is 23.2 Å².